The molecule has 9 atom stereocenters. The molecule has 1 aromatic rings. The van der Waals surface area contributed by atoms with Crippen LogP contribution in [0.15, 0.2) is 12.4 Å². The maximum absolute atomic E-state index is 10.6. The smallest absolute Gasteiger partial charge is 0.102 e. The van der Waals surface area contributed by atoms with E-state index in [0.717, 1.165) is 54.9 Å². The molecule has 0 aromatic carbocycles. The van der Waals surface area contributed by atoms with Gasteiger partial charge in [-0.15, -0.1) is 0 Å². The van der Waals surface area contributed by atoms with Crippen LogP contribution in [0.1, 0.15) is 90.5 Å². The van der Waals surface area contributed by atoms with E-state index in [4.69, 9.17) is 5.26 Å². The maximum Gasteiger partial charge on any atom is 0.102 e. The van der Waals surface area contributed by atoms with E-state index >= 15 is 0 Å². The lowest BCUT2D eigenvalue weighted by Crippen LogP contribution is -2.51. The zero-order valence-electron chi connectivity index (χ0n) is 19.8. The predicted octanol–water partition coefficient (Wildman–Crippen LogP) is 5.80. The highest BCUT2D eigenvalue weighted by Crippen LogP contribution is 2.67. The van der Waals surface area contributed by atoms with Gasteiger partial charge in [0.2, 0.25) is 0 Å². The Labute approximate surface area is 188 Å². The zero-order valence-corrected chi connectivity index (χ0v) is 19.8. The first-order valence-corrected chi connectivity index (χ1v) is 13.0. The van der Waals surface area contributed by atoms with Gasteiger partial charge in [-0.25, -0.2) is 0 Å². The number of hydrogen-bond acceptors (Lipinski definition) is 3. The fourth-order valence-electron chi connectivity index (χ4n) is 9.43. The highest BCUT2D eigenvalue weighted by atomic mass is 16.3. The van der Waals surface area contributed by atoms with Crippen LogP contribution in [0.5, 0.6) is 0 Å². The molecule has 4 nitrogen and oxygen atoms in total. The number of aromatic nitrogens is 2. The van der Waals surface area contributed by atoms with Gasteiger partial charge in [0.25, 0.3) is 0 Å². The summed E-state index contributed by atoms with van der Waals surface area (Å²) in [5.74, 6) is 5.77. The fourth-order valence-corrected chi connectivity index (χ4v) is 9.43. The van der Waals surface area contributed by atoms with Gasteiger partial charge in [-0.05, 0) is 118 Å². The second-order valence-electron chi connectivity index (χ2n) is 12.0. The van der Waals surface area contributed by atoms with Gasteiger partial charge in [-0.3, -0.25) is 4.68 Å². The molecule has 0 aliphatic heterocycles. The monoisotopic (exact) mass is 423 g/mol. The van der Waals surface area contributed by atoms with Crippen LogP contribution < -0.4 is 0 Å². The van der Waals surface area contributed by atoms with Crippen molar-refractivity contribution in [3.63, 3.8) is 0 Å². The van der Waals surface area contributed by atoms with E-state index in [-0.39, 0.29) is 0 Å². The van der Waals surface area contributed by atoms with Crippen molar-refractivity contribution in [2.45, 2.75) is 97.1 Å². The van der Waals surface area contributed by atoms with Crippen molar-refractivity contribution in [3.05, 3.63) is 18.0 Å². The second kappa shape index (κ2) is 7.91. The Kier molecular flexibility index (Phi) is 5.48. The Morgan fingerprint density at radius 1 is 1.16 bits per heavy atom. The summed E-state index contributed by atoms with van der Waals surface area (Å²) in [5, 5.41) is 24.2. The summed E-state index contributed by atoms with van der Waals surface area (Å²) >= 11 is 0. The van der Waals surface area contributed by atoms with Crippen LogP contribution in [-0.2, 0) is 6.54 Å². The standard InChI is InChI=1S/C27H41N3O/c1-4-27-12-10-22-21-9-11-26(3,31)13-20(21)5-6-23(22)25(27)8-7-24(27)18(2)16-30-17-19(14-28)15-29-30/h15,17-18,20-25,31H,4-13,16H2,1-3H3/t18-,20-,21+,22-,23-,24?,25+,26-,27-/m1/s1. The number of aliphatic hydroxyl groups is 1. The van der Waals surface area contributed by atoms with Crippen molar-refractivity contribution in [1.29, 1.82) is 5.26 Å². The molecule has 0 saturated heterocycles. The molecule has 31 heavy (non-hydrogen) atoms. The molecule has 4 aliphatic carbocycles. The molecule has 0 amide bonds. The first-order chi connectivity index (χ1) is 14.9. The van der Waals surface area contributed by atoms with Crippen molar-refractivity contribution in [1.82, 2.24) is 9.78 Å². The summed E-state index contributed by atoms with van der Waals surface area (Å²) in [4.78, 5) is 0. The van der Waals surface area contributed by atoms with E-state index in [9.17, 15) is 5.11 Å². The first kappa shape index (κ1) is 21.5. The highest BCUT2D eigenvalue weighted by molar-refractivity contribution is 5.21. The number of hydrogen-bond donors (Lipinski definition) is 1. The number of fused-ring (bicyclic) bond motifs is 5. The van der Waals surface area contributed by atoms with E-state index in [2.05, 4.69) is 31.9 Å². The van der Waals surface area contributed by atoms with Gasteiger partial charge in [0.15, 0.2) is 0 Å². The highest BCUT2D eigenvalue weighted by Gasteiger charge is 2.59. The Hall–Kier alpha value is -1.34. The Bertz CT molecular complexity index is 838. The van der Waals surface area contributed by atoms with E-state index in [1.165, 1.54) is 51.4 Å². The molecule has 4 saturated carbocycles. The van der Waals surface area contributed by atoms with Gasteiger partial charge in [0.05, 0.1) is 17.4 Å². The van der Waals surface area contributed by atoms with Gasteiger partial charge >= 0.3 is 0 Å². The van der Waals surface area contributed by atoms with Crippen molar-refractivity contribution in [2.75, 3.05) is 0 Å². The van der Waals surface area contributed by atoms with Crippen LogP contribution >= 0.6 is 0 Å². The normalized spacial score (nSPS) is 45.3. The summed E-state index contributed by atoms with van der Waals surface area (Å²) in [5.41, 5.74) is 0.769. The molecule has 1 N–H and O–H groups in total. The van der Waals surface area contributed by atoms with Gasteiger partial charge in [0.1, 0.15) is 6.07 Å². The molecule has 4 aliphatic rings. The molecule has 4 fully saturated rings. The van der Waals surface area contributed by atoms with Gasteiger partial charge in [-0.2, -0.15) is 10.4 Å². The van der Waals surface area contributed by atoms with Crippen molar-refractivity contribution in [2.24, 2.45) is 46.8 Å². The average Bonchev–Trinajstić information content (AvgIpc) is 3.37. The molecule has 1 unspecified atom stereocenters. The number of nitriles is 1. The Morgan fingerprint density at radius 3 is 2.71 bits per heavy atom. The van der Waals surface area contributed by atoms with Crippen molar-refractivity contribution >= 4 is 0 Å². The first-order valence-electron chi connectivity index (χ1n) is 13.0. The molecule has 1 aromatic heterocycles. The SMILES string of the molecule is CC[C@]12CC[C@H]3[C@@H](CC[C@@H]4C[C@](C)(O)CC[C@@H]43)[C@@H]1CCC2[C@H](C)Cn1cc(C#N)cn1. The molecule has 0 spiro atoms. The van der Waals surface area contributed by atoms with Gasteiger partial charge < -0.3 is 5.11 Å². The summed E-state index contributed by atoms with van der Waals surface area (Å²) in [7, 11) is 0. The Balaban J connectivity index is 1.33. The van der Waals surface area contributed by atoms with Crippen molar-refractivity contribution in [3.8, 4) is 6.07 Å². The van der Waals surface area contributed by atoms with Crippen LogP contribution in [0.4, 0.5) is 0 Å². The minimum Gasteiger partial charge on any atom is -0.390 e. The minimum absolute atomic E-state index is 0.415. The van der Waals surface area contributed by atoms with E-state index in [1.807, 2.05) is 10.9 Å². The van der Waals surface area contributed by atoms with Crippen LogP contribution in [0.3, 0.4) is 0 Å². The van der Waals surface area contributed by atoms with Gasteiger partial charge in [-0.1, -0.05) is 13.8 Å². The molecular weight excluding hydrogens is 382 g/mol. The predicted molar refractivity (Wildman–Crippen MR) is 122 cm³/mol. The number of nitrogens with zero attached hydrogens (tertiary/aromatic N) is 3. The second-order valence-corrected chi connectivity index (χ2v) is 12.0. The lowest BCUT2D eigenvalue weighted by molar-refractivity contribution is -0.108. The molecular formula is C27H41N3O. The zero-order chi connectivity index (χ0) is 21.8. The average molecular weight is 424 g/mol. The summed E-state index contributed by atoms with van der Waals surface area (Å²) in [6.07, 6.45) is 16.6. The van der Waals surface area contributed by atoms with Crippen LogP contribution in [0.25, 0.3) is 0 Å². The minimum atomic E-state index is -0.415. The molecule has 4 heteroatoms. The van der Waals surface area contributed by atoms with E-state index in [0.29, 0.717) is 16.9 Å². The molecule has 0 bridgehead atoms. The third-order valence-corrected chi connectivity index (χ3v) is 10.6. The van der Waals surface area contributed by atoms with Gasteiger partial charge in [0, 0.05) is 12.7 Å². The molecule has 5 rings (SSSR count). The van der Waals surface area contributed by atoms with E-state index in [1.54, 1.807) is 6.20 Å². The topological polar surface area (TPSA) is 61.8 Å². The summed E-state index contributed by atoms with van der Waals surface area (Å²) in [6, 6.07) is 2.21. The Morgan fingerprint density at radius 2 is 1.97 bits per heavy atom. The fraction of sp³-hybridized carbons (Fsp3) is 0.852. The van der Waals surface area contributed by atoms with Crippen LogP contribution in [0.2, 0.25) is 0 Å². The van der Waals surface area contributed by atoms with E-state index < -0.39 is 5.60 Å². The summed E-state index contributed by atoms with van der Waals surface area (Å²) in [6.45, 7) is 7.91. The molecule has 0 radical (unpaired) electrons. The largest absolute Gasteiger partial charge is 0.390 e. The molecule has 1 heterocycles. The maximum atomic E-state index is 10.6. The summed E-state index contributed by atoms with van der Waals surface area (Å²) < 4.78 is 2.00. The quantitative estimate of drug-likeness (QED) is 0.665. The molecule has 170 valence electrons. The third kappa shape index (κ3) is 3.56. The third-order valence-electron chi connectivity index (χ3n) is 10.6. The number of rotatable bonds is 4. The lowest BCUT2D eigenvalue weighted by Gasteiger charge is -2.58. The van der Waals surface area contributed by atoms with Crippen LogP contribution in [-0.4, -0.2) is 20.5 Å². The lowest BCUT2D eigenvalue weighted by atomic mass is 9.47. The van der Waals surface area contributed by atoms with Crippen molar-refractivity contribution < 1.29 is 5.11 Å². The van der Waals surface area contributed by atoms with Crippen LogP contribution in [0, 0.1) is 58.2 Å².